The molecule has 3 rings (SSSR count). The number of fused-ring (bicyclic) bond motifs is 1. The molecule has 1 aromatic rings. The van der Waals surface area contributed by atoms with Crippen LogP contribution in [-0.4, -0.2) is 17.8 Å². The minimum Gasteiger partial charge on any atom is -0.400 e. The molecule has 0 unspecified atom stereocenters. The van der Waals surface area contributed by atoms with Gasteiger partial charge in [-0.05, 0) is 87.3 Å². The maximum atomic E-state index is 7.00. The van der Waals surface area contributed by atoms with Crippen LogP contribution in [0, 0.1) is 5.92 Å². The Kier molecular flexibility index (Phi) is 7.46. The number of hydrogen-bond acceptors (Lipinski definition) is 2. The van der Waals surface area contributed by atoms with Gasteiger partial charge in [-0.15, -0.1) is 0 Å². The number of aryl methyl sites for hydroxylation is 1. The summed E-state index contributed by atoms with van der Waals surface area (Å²) >= 11 is 0. The summed E-state index contributed by atoms with van der Waals surface area (Å²) in [6, 6.07) is 7.27. The lowest BCUT2D eigenvalue weighted by atomic mass is 9.80. The molecule has 3 atom stereocenters. The monoisotopic (exact) mass is 341 g/mol. The van der Waals surface area contributed by atoms with Crippen molar-refractivity contribution in [2.45, 2.75) is 70.3 Å². The second-order valence-electron chi connectivity index (χ2n) is 7.92. The molecule has 0 bridgehead atoms. The van der Waals surface area contributed by atoms with Crippen LogP contribution in [0.4, 0.5) is 0 Å². The van der Waals surface area contributed by atoms with Crippen molar-refractivity contribution in [3.05, 3.63) is 59.2 Å². The Balaban J connectivity index is 0.00000109. The van der Waals surface area contributed by atoms with Crippen molar-refractivity contribution in [3.63, 3.8) is 0 Å². The van der Waals surface area contributed by atoms with Gasteiger partial charge in [0.2, 0.25) is 0 Å². The van der Waals surface area contributed by atoms with E-state index in [0.29, 0.717) is 5.92 Å². The highest BCUT2D eigenvalue weighted by molar-refractivity contribution is 5.36. The molecule has 0 radical (unpaired) electrons. The predicted molar refractivity (Wildman–Crippen MR) is 108 cm³/mol. The number of aliphatic hydroxyl groups is 1. The normalized spacial score (nSPS) is 28.8. The van der Waals surface area contributed by atoms with Gasteiger partial charge in [0, 0.05) is 12.6 Å². The summed E-state index contributed by atoms with van der Waals surface area (Å²) in [6.07, 6.45) is 17.3. The third-order valence-electron chi connectivity index (χ3n) is 5.72. The van der Waals surface area contributed by atoms with Crippen molar-refractivity contribution in [3.8, 4) is 0 Å². The second-order valence-corrected chi connectivity index (χ2v) is 7.92. The van der Waals surface area contributed by atoms with E-state index in [1.807, 2.05) is 0 Å². The van der Waals surface area contributed by atoms with Crippen molar-refractivity contribution >= 4 is 0 Å². The van der Waals surface area contributed by atoms with Gasteiger partial charge in [0.15, 0.2) is 0 Å². The summed E-state index contributed by atoms with van der Waals surface area (Å²) < 4.78 is 0. The third kappa shape index (κ3) is 5.55. The van der Waals surface area contributed by atoms with Gasteiger partial charge in [0.1, 0.15) is 0 Å². The van der Waals surface area contributed by atoms with Crippen LogP contribution in [0.3, 0.4) is 0 Å². The Morgan fingerprint density at radius 2 is 2.00 bits per heavy atom. The van der Waals surface area contributed by atoms with E-state index in [-0.39, 0.29) is 5.54 Å². The number of rotatable bonds is 4. The number of nitrogens with two attached hydrogens (primary N) is 1. The molecule has 0 aromatic heterocycles. The van der Waals surface area contributed by atoms with Crippen molar-refractivity contribution < 1.29 is 5.11 Å². The van der Waals surface area contributed by atoms with Crippen molar-refractivity contribution in [1.82, 2.24) is 0 Å². The average Bonchev–Trinajstić information content (AvgIpc) is 3.00. The molecular formula is C23H35NO. The molecule has 138 valence electrons. The lowest BCUT2D eigenvalue weighted by molar-refractivity contribution is 0.399. The Morgan fingerprint density at radius 1 is 1.20 bits per heavy atom. The molecular weight excluding hydrogens is 306 g/mol. The van der Waals surface area contributed by atoms with Crippen molar-refractivity contribution in [1.29, 1.82) is 0 Å². The van der Waals surface area contributed by atoms with Gasteiger partial charge in [0.25, 0.3) is 0 Å². The molecule has 0 spiro atoms. The molecule has 0 amide bonds. The zero-order valence-electron chi connectivity index (χ0n) is 16.2. The van der Waals surface area contributed by atoms with E-state index in [1.54, 1.807) is 11.1 Å². The van der Waals surface area contributed by atoms with Gasteiger partial charge >= 0.3 is 0 Å². The van der Waals surface area contributed by atoms with Gasteiger partial charge in [-0.2, -0.15) is 0 Å². The van der Waals surface area contributed by atoms with Crippen LogP contribution in [0.1, 0.15) is 68.6 Å². The molecule has 0 aliphatic heterocycles. The van der Waals surface area contributed by atoms with Crippen LogP contribution in [0.25, 0.3) is 0 Å². The zero-order valence-corrected chi connectivity index (χ0v) is 16.2. The largest absolute Gasteiger partial charge is 0.400 e. The predicted octanol–water partition coefficient (Wildman–Crippen LogP) is 4.91. The Labute approximate surface area is 153 Å². The maximum absolute atomic E-state index is 7.00. The van der Waals surface area contributed by atoms with Crippen molar-refractivity contribution in [2.75, 3.05) is 7.11 Å². The molecule has 3 N–H and O–H groups in total. The Bertz CT molecular complexity index is 600. The first-order valence-electron chi connectivity index (χ1n) is 9.70. The maximum Gasteiger partial charge on any atom is 0.0319 e. The van der Waals surface area contributed by atoms with E-state index >= 15 is 0 Å². The van der Waals surface area contributed by atoms with E-state index in [1.165, 1.54) is 37.7 Å². The fourth-order valence-electron chi connectivity index (χ4n) is 4.32. The first kappa shape index (κ1) is 19.9. The van der Waals surface area contributed by atoms with Gasteiger partial charge in [-0.25, -0.2) is 0 Å². The van der Waals surface area contributed by atoms with Gasteiger partial charge in [-0.1, -0.05) is 42.5 Å². The van der Waals surface area contributed by atoms with E-state index in [2.05, 4.69) is 56.4 Å². The van der Waals surface area contributed by atoms with E-state index in [0.717, 1.165) is 25.9 Å². The number of hydrogen-bond donors (Lipinski definition) is 2. The SMILES string of the molecule is C/C=C\C=C/C[C@@H]1CCc2cc([C@H]3CC[C@@](C)(N)C3)ccc2C1.CO. The highest BCUT2D eigenvalue weighted by Crippen LogP contribution is 2.40. The summed E-state index contributed by atoms with van der Waals surface area (Å²) in [5.41, 5.74) is 11.1. The molecule has 1 aromatic carbocycles. The second kappa shape index (κ2) is 9.35. The van der Waals surface area contributed by atoms with Crippen LogP contribution < -0.4 is 5.73 Å². The standard InChI is InChI=1S/C22H31N.CH4O/c1-3-4-5-6-7-17-8-9-19-15-20(11-10-18(19)14-17)21-12-13-22(2,23)16-21;1-2/h3-6,10-11,15,17,21H,7-9,12-14,16,23H2,1-2H3;2H,1H3/b4-3-,6-5-;/t17-,21+,22-;/m1./s1. The van der Waals surface area contributed by atoms with Crippen LogP contribution in [0.15, 0.2) is 42.5 Å². The topological polar surface area (TPSA) is 46.2 Å². The third-order valence-corrected chi connectivity index (χ3v) is 5.72. The molecule has 0 heterocycles. The molecule has 25 heavy (non-hydrogen) atoms. The van der Waals surface area contributed by atoms with Crippen LogP contribution in [0.5, 0.6) is 0 Å². The number of benzene rings is 1. The van der Waals surface area contributed by atoms with E-state index in [4.69, 9.17) is 10.8 Å². The fourth-order valence-corrected chi connectivity index (χ4v) is 4.32. The molecule has 0 saturated heterocycles. The minimum atomic E-state index is 0.0466. The molecule has 2 aliphatic carbocycles. The first-order chi connectivity index (χ1) is 12.1. The number of allylic oxidation sites excluding steroid dienone is 4. The molecule has 2 nitrogen and oxygen atoms in total. The fraction of sp³-hybridized carbons (Fsp3) is 0.565. The van der Waals surface area contributed by atoms with Crippen LogP contribution in [-0.2, 0) is 12.8 Å². The lowest BCUT2D eigenvalue weighted by Crippen LogP contribution is -2.32. The number of aliphatic hydroxyl groups excluding tert-OH is 1. The molecule has 2 heteroatoms. The Hall–Kier alpha value is -1.38. The summed E-state index contributed by atoms with van der Waals surface area (Å²) in [4.78, 5) is 0. The molecule has 1 saturated carbocycles. The van der Waals surface area contributed by atoms with Gasteiger partial charge < -0.3 is 10.8 Å². The summed E-state index contributed by atoms with van der Waals surface area (Å²) in [6.45, 7) is 4.27. The Morgan fingerprint density at radius 3 is 2.68 bits per heavy atom. The van der Waals surface area contributed by atoms with E-state index in [9.17, 15) is 0 Å². The summed E-state index contributed by atoms with van der Waals surface area (Å²) in [5.74, 6) is 1.49. The van der Waals surface area contributed by atoms with Gasteiger partial charge in [0.05, 0.1) is 0 Å². The first-order valence-corrected chi connectivity index (χ1v) is 9.70. The molecule has 1 fully saturated rings. The summed E-state index contributed by atoms with van der Waals surface area (Å²) in [5, 5.41) is 7.00. The summed E-state index contributed by atoms with van der Waals surface area (Å²) in [7, 11) is 1.00. The lowest BCUT2D eigenvalue weighted by Gasteiger charge is -2.25. The quantitative estimate of drug-likeness (QED) is 0.765. The highest BCUT2D eigenvalue weighted by Gasteiger charge is 2.32. The smallest absolute Gasteiger partial charge is 0.0319 e. The minimum absolute atomic E-state index is 0.0466. The van der Waals surface area contributed by atoms with Crippen LogP contribution >= 0.6 is 0 Å². The average molecular weight is 342 g/mol. The highest BCUT2D eigenvalue weighted by atomic mass is 16.2. The van der Waals surface area contributed by atoms with Gasteiger partial charge in [-0.3, -0.25) is 0 Å². The van der Waals surface area contributed by atoms with Crippen LogP contribution in [0.2, 0.25) is 0 Å². The zero-order chi connectivity index (χ0) is 18.3. The van der Waals surface area contributed by atoms with E-state index < -0.39 is 0 Å². The molecule has 2 aliphatic rings. The van der Waals surface area contributed by atoms with Crippen molar-refractivity contribution in [2.24, 2.45) is 11.7 Å².